The third-order valence-corrected chi connectivity index (χ3v) is 3.55. The molecule has 1 amide bonds. The van der Waals surface area contributed by atoms with Gasteiger partial charge in [0.15, 0.2) is 0 Å². The number of hydrogen-bond donors (Lipinski definition) is 0. The topological polar surface area (TPSA) is 23.6 Å². The van der Waals surface area contributed by atoms with Crippen molar-refractivity contribution in [3.8, 4) is 0 Å². The lowest BCUT2D eigenvalue weighted by Crippen LogP contribution is -2.46. The van der Waals surface area contributed by atoms with Gasteiger partial charge in [-0.2, -0.15) is 0 Å². The van der Waals surface area contributed by atoms with Gasteiger partial charge in [-0.05, 0) is 38.8 Å². The highest BCUT2D eigenvalue weighted by atomic mass is 16.1. The smallest absolute Gasteiger partial charge is 0.209 e. The van der Waals surface area contributed by atoms with E-state index in [1.807, 2.05) is 4.90 Å². The van der Waals surface area contributed by atoms with Crippen molar-refractivity contribution < 1.29 is 4.79 Å². The van der Waals surface area contributed by atoms with Crippen LogP contribution in [0.15, 0.2) is 0 Å². The van der Waals surface area contributed by atoms with Gasteiger partial charge in [0.25, 0.3) is 0 Å². The van der Waals surface area contributed by atoms with Crippen molar-refractivity contribution in [2.24, 2.45) is 0 Å². The van der Waals surface area contributed by atoms with E-state index in [-0.39, 0.29) is 0 Å². The summed E-state index contributed by atoms with van der Waals surface area (Å²) in [4.78, 5) is 15.4. The van der Waals surface area contributed by atoms with Gasteiger partial charge >= 0.3 is 0 Å². The summed E-state index contributed by atoms with van der Waals surface area (Å²) in [6.45, 7) is 8.74. The van der Waals surface area contributed by atoms with E-state index in [0.29, 0.717) is 6.04 Å². The first-order chi connectivity index (χ1) is 7.81. The van der Waals surface area contributed by atoms with Gasteiger partial charge in [0, 0.05) is 19.1 Å². The van der Waals surface area contributed by atoms with Crippen molar-refractivity contribution in [2.45, 2.75) is 52.0 Å². The van der Waals surface area contributed by atoms with E-state index in [4.69, 9.17) is 0 Å². The molecule has 0 aromatic heterocycles. The predicted octanol–water partition coefficient (Wildman–Crippen LogP) is 2.12. The van der Waals surface area contributed by atoms with E-state index in [2.05, 4.69) is 18.7 Å². The average molecular weight is 226 g/mol. The first kappa shape index (κ1) is 13.5. The van der Waals surface area contributed by atoms with E-state index in [1.165, 1.54) is 38.6 Å². The Morgan fingerprint density at radius 3 is 2.81 bits per heavy atom. The summed E-state index contributed by atoms with van der Waals surface area (Å²) >= 11 is 0. The summed E-state index contributed by atoms with van der Waals surface area (Å²) in [7, 11) is 0. The number of piperidine rings is 1. The highest BCUT2D eigenvalue weighted by Crippen LogP contribution is 2.16. The van der Waals surface area contributed by atoms with Crippen molar-refractivity contribution in [1.82, 2.24) is 9.80 Å². The van der Waals surface area contributed by atoms with Gasteiger partial charge in [0.05, 0.1) is 0 Å². The standard InChI is InChI=1S/C13H26N2O/c1-3-5-9-14(4-2)11-13-8-6-7-10-15(13)12-16/h12-13H,3-11H2,1-2H3. The fourth-order valence-electron chi connectivity index (χ4n) is 2.42. The molecule has 0 radical (unpaired) electrons. The Bertz CT molecular complexity index is 196. The summed E-state index contributed by atoms with van der Waals surface area (Å²) in [5.74, 6) is 0. The molecule has 3 nitrogen and oxygen atoms in total. The zero-order valence-electron chi connectivity index (χ0n) is 10.8. The number of likely N-dealkylation sites (tertiary alicyclic amines) is 1. The summed E-state index contributed by atoms with van der Waals surface area (Å²) in [6.07, 6.45) is 7.19. The lowest BCUT2D eigenvalue weighted by atomic mass is 10.0. The highest BCUT2D eigenvalue weighted by molar-refractivity contribution is 5.48. The van der Waals surface area contributed by atoms with Crippen molar-refractivity contribution in [3.63, 3.8) is 0 Å². The lowest BCUT2D eigenvalue weighted by Gasteiger charge is -2.36. The van der Waals surface area contributed by atoms with Gasteiger partial charge in [0.1, 0.15) is 0 Å². The zero-order valence-corrected chi connectivity index (χ0v) is 10.8. The minimum absolute atomic E-state index is 0.461. The molecule has 0 aromatic carbocycles. The molecule has 0 spiro atoms. The minimum Gasteiger partial charge on any atom is -0.341 e. The molecule has 1 rings (SSSR count). The molecule has 1 aliphatic rings. The molecule has 0 aromatic rings. The van der Waals surface area contributed by atoms with Gasteiger partial charge in [-0.25, -0.2) is 0 Å². The van der Waals surface area contributed by atoms with Crippen LogP contribution >= 0.6 is 0 Å². The second-order valence-electron chi connectivity index (χ2n) is 4.74. The van der Waals surface area contributed by atoms with Crippen LogP contribution in [0.1, 0.15) is 46.0 Å². The van der Waals surface area contributed by atoms with Gasteiger partial charge in [-0.1, -0.05) is 20.3 Å². The molecule has 1 aliphatic heterocycles. The van der Waals surface area contributed by atoms with Gasteiger partial charge in [-0.3, -0.25) is 4.79 Å². The monoisotopic (exact) mass is 226 g/mol. The van der Waals surface area contributed by atoms with Crippen LogP contribution in [0.3, 0.4) is 0 Å². The summed E-state index contributed by atoms with van der Waals surface area (Å²) in [5, 5.41) is 0. The maximum atomic E-state index is 11.0. The number of rotatable bonds is 7. The van der Waals surface area contributed by atoms with Crippen LogP contribution in [0.2, 0.25) is 0 Å². The van der Waals surface area contributed by atoms with Crippen LogP contribution in [-0.4, -0.2) is 48.4 Å². The van der Waals surface area contributed by atoms with Crippen molar-refractivity contribution in [2.75, 3.05) is 26.2 Å². The minimum atomic E-state index is 0.461. The first-order valence-electron chi connectivity index (χ1n) is 6.75. The highest BCUT2D eigenvalue weighted by Gasteiger charge is 2.22. The van der Waals surface area contributed by atoms with Crippen molar-refractivity contribution in [1.29, 1.82) is 0 Å². The van der Waals surface area contributed by atoms with Crippen molar-refractivity contribution in [3.05, 3.63) is 0 Å². The molecular weight excluding hydrogens is 200 g/mol. The van der Waals surface area contributed by atoms with E-state index in [9.17, 15) is 4.79 Å². The molecule has 1 unspecified atom stereocenters. The van der Waals surface area contributed by atoms with Crippen LogP contribution in [0.5, 0.6) is 0 Å². The Hall–Kier alpha value is -0.570. The predicted molar refractivity (Wildman–Crippen MR) is 67.4 cm³/mol. The molecule has 0 N–H and O–H groups in total. The fraction of sp³-hybridized carbons (Fsp3) is 0.923. The second kappa shape index (κ2) is 7.66. The summed E-state index contributed by atoms with van der Waals surface area (Å²) in [6, 6.07) is 0.461. The Balaban J connectivity index is 2.38. The molecule has 3 heteroatoms. The number of unbranched alkanes of at least 4 members (excludes halogenated alkanes) is 1. The van der Waals surface area contributed by atoms with E-state index in [1.54, 1.807) is 0 Å². The van der Waals surface area contributed by atoms with Gasteiger partial charge < -0.3 is 9.80 Å². The van der Waals surface area contributed by atoms with Crippen molar-refractivity contribution >= 4 is 6.41 Å². The number of carbonyl (C=O) groups is 1. The summed E-state index contributed by atoms with van der Waals surface area (Å²) < 4.78 is 0. The molecule has 1 saturated heterocycles. The number of likely N-dealkylation sites (N-methyl/N-ethyl adjacent to an activating group) is 1. The first-order valence-corrected chi connectivity index (χ1v) is 6.75. The second-order valence-corrected chi connectivity index (χ2v) is 4.74. The number of nitrogens with zero attached hydrogens (tertiary/aromatic N) is 2. The SMILES string of the molecule is CCCCN(CC)CC1CCCCN1C=O. The molecule has 1 fully saturated rings. The van der Waals surface area contributed by atoms with E-state index in [0.717, 1.165) is 26.0 Å². The molecule has 0 saturated carbocycles. The molecular formula is C13H26N2O. The summed E-state index contributed by atoms with van der Waals surface area (Å²) in [5.41, 5.74) is 0. The van der Waals surface area contributed by atoms with Gasteiger partial charge in [-0.15, -0.1) is 0 Å². The quantitative estimate of drug-likeness (QED) is 0.621. The van der Waals surface area contributed by atoms with Gasteiger partial charge in [0.2, 0.25) is 6.41 Å². The molecule has 0 aliphatic carbocycles. The van der Waals surface area contributed by atoms with Crippen LogP contribution < -0.4 is 0 Å². The Labute approximate surface area is 99.8 Å². The molecule has 16 heavy (non-hydrogen) atoms. The maximum Gasteiger partial charge on any atom is 0.209 e. The molecule has 0 bridgehead atoms. The maximum absolute atomic E-state index is 11.0. The normalized spacial score (nSPS) is 21.4. The third-order valence-electron chi connectivity index (χ3n) is 3.55. The number of amides is 1. The largest absolute Gasteiger partial charge is 0.341 e. The Morgan fingerprint density at radius 2 is 2.19 bits per heavy atom. The zero-order chi connectivity index (χ0) is 11.8. The van der Waals surface area contributed by atoms with Crippen LogP contribution in [-0.2, 0) is 4.79 Å². The molecule has 1 heterocycles. The Kier molecular flexibility index (Phi) is 6.46. The Morgan fingerprint density at radius 1 is 1.38 bits per heavy atom. The van der Waals surface area contributed by atoms with Crippen LogP contribution in [0, 0.1) is 0 Å². The number of carbonyl (C=O) groups excluding carboxylic acids is 1. The molecule has 94 valence electrons. The third kappa shape index (κ3) is 4.12. The molecule has 1 atom stereocenters. The van der Waals surface area contributed by atoms with Crippen LogP contribution in [0.4, 0.5) is 0 Å². The fourth-order valence-corrected chi connectivity index (χ4v) is 2.42. The number of hydrogen-bond acceptors (Lipinski definition) is 2. The van der Waals surface area contributed by atoms with Crippen LogP contribution in [0.25, 0.3) is 0 Å². The van der Waals surface area contributed by atoms with E-state index < -0.39 is 0 Å². The van der Waals surface area contributed by atoms with E-state index >= 15 is 0 Å². The average Bonchev–Trinajstić information content (AvgIpc) is 2.34. The lowest BCUT2D eigenvalue weighted by molar-refractivity contribution is -0.121.